The molecule has 0 aliphatic heterocycles. The Hall–Kier alpha value is -1.75. The molecule has 4 nitrogen and oxygen atoms in total. The number of fused-ring (bicyclic) bond motifs is 1. The minimum Gasteiger partial charge on any atom is -0.475 e. The largest absolute Gasteiger partial charge is 0.475 e. The third-order valence-electron chi connectivity index (χ3n) is 3.09. The van der Waals surface area contributed by atoms with Crippen LogP contribution in [0.1, 0.15) is 47.9 Å². The number of hydrogen-bond acceptors (Lipinski definition) is 3. The molecule has 0 unspecified atom stereocenters. The molecule has 5 heteroatoms. The number of thiocarbonyl (C=S) groups is 1. The Labute approximate surface area is 116 Å². The molecule has 19 heavy (non-hydrogen) atoms. The van der Waals surface area contributed by atoms with E-state index in [9.17, 15) is 4.79 Å². The van der Waals surface area contributed by atoms with E-state index in [1.54, 1.807) is 0 Å². The second-order valence-electron chi connectivity index (χ2n) is 4.60. The van der Waals surface area contributed by atoms with Crippen LogP contribution in [-0.4, -0.2) is 25.9 Å². The molecular formula is C14H16N2O2S. The van der Waals surface area contributed by atoms with Crippen LogP contribution >= 0.6 is 12.2 Å². The highest BCUT2D eigenvalue weighted by molar-refractivity contribution is 7.80. The van der Waals surface area contributed by atoms with Crippen molar-refractivity contribution < 1.29 is 9.90 Å². The molecular weight excluding hydrogens is 260 g/mol. The van der Waals surface area contributed by atoms with Gasteiger partial charge >= 0.3 is 5.97 Å². The number of aromatic amines is 1. The van der Waals surface area contributed by atoms with E-state index < -0.39 is 5.97 Å². The zero-order chi connectivity index (χ0) is 14.0. The third kappa shape index (κ3) is 2.81. The van der Waals surface area contributed by atoms with Gasteiger partial charge in [0.15, 0.2) is 0 Å². The smallest absolute Gasteiger partial charge is 0.371 e. The average molecular weight is 276 g/mol. The van der Waals surface area contributed by atoms with Gasteiger partial charge in [0.05, 0.1) is 11.0 Å². The van der Waals surface area contributed by atoms with Crippen LogP contribution in [0.15, 0.2) is 12.1 Å². The number of aromatic nitrogens is 2. The summed E-state index contributed by atoms with van der Waals surface area (Å²) in [4.78, 5) is 18.7. The SMILES string of the molecule is CCCCC(=S)c1cc2nc(C(=O)O)[nH]c2cc1C. The normalized spacial score (nSPS) is 10.8. The van der Waals surface area contributed by atoms with Gasteiger partial charge in [-0.25, -0.2) is 9.78 Å². The summed E-state index contributed by atoms with van der Waals surface area (Å²) in [6.07, 6.45) is 3.05. The van der Waals surface area contributed by atoms with E-state index in [0.29, 0.717) is 5.52 Å². The van der Waals surface area contributed by atoms with E-state index in [1.165, 1.54) is 0 Å². The van der Waals surface area contributed by atoms with Crippen LogP contribution in [0.5, 0.6) is 0 Å². The quantitative estimate of drug-likeness (QED) is 0.648. The number of H-pyrrole nitrogens is 1. The Morgan fingerprint density at radius 3 is 2.84 bits per heavy atom. The predicted octanol–water partition coefficient (Wildman–Crippen LogP) is 3.48. The molecule has 1 heterocycles. The second-order valence-corrected chi connectivity index (χ2v) is 5.09. The van der Waals surface area contributed by atoms with Crippen molar-refractivity contribution in [2.75, 3.05) is 0 Å². The monoisotopic (exact) mass is 276 g/mol. The van der Waals surface area contributed by atoms with Crippen LogP contribution < -0.4 is 0 Å². The van der Waals surface area contributed by atoms with E-state index >= 15 is 0 Å². The number of carboxylic acids is 1. The van der Waals surface area contributed by atoms with Gasteiger partial charge in [-0.1, -0.05) is 25.6 Å². The van der Waals surface area contributed by atoms with Crippen molar-refractivity contribution >= 4 is 34.1 Å². The molecule has 2 rings (SSSR count). The standard InChI is InChI=1S/C14H16N2O2S/c1-3-4-5-12(19)9-7-11-10(6-8(9)2)15-13(16-11)14(17)18/h6-7H,3-5H2,1-2H3,(H,15,16)(H,17,18). The highest BCUT2D eigenvalue weighted by Crippen LogP contribution is 2.20. The van der Waals surface area contributed by atoms with Crippen LogP contribution in [0.25, 0.3) is 11.0 Å². The maximum Gasteiger partial charge on any atom is 0.371 e. The van der Waals surface area contributed by atoms with Crippen molar-refractivity contribution in [2.45, 2.75) is 33.1 Å². The summed E-state index contributed by atoms with van der Waals surface area (Å²) < 4.78 is 0. The Morgan fingerprint density at radius 2 is 2.21 bits per heavy atom. The topological polar surface area (TPSA) is 66.0 Å². The number of aromatic carboxylic acids is 1. The molecule has 1 aromatic carbocycles. The van der Waals surface area contributed by atoms with Gasteiger partial charge in [-0.2, -0.15) is 0 Å². The Morgan fingerprint density at radius 1 is 1.47 bits per heavy atom. The van der Waals surface area contributed by atoms with E-state index in [-0.39, 0.29) is 5.82 Å². The zero-order valence-electron chi connectivity index (χ0n) is 11.0. The molecule has 0 atom stereocenters. The molecule has 0 aliphatic rings. The number of aryl methyl sites for hydroxylation is 1. The Balaban J connectivity index is 2.43. The van der Waals surface area contributed by atoms with Gasteiger partial charge in [-0.3, -0.25) is 0 Å². The molecule has 0 fully saturated rings. The van der Waals surface area contributed by atoms with Gasteiger partial charge in [0.25, 0.3) is 0 Å². The van der Waals surface area contributed by atoms with Gasteiger partial charge in [0.2, 0.25) is 5.82 Å². The van der Waals surface area contributed by atoms with Crippen molar-refractivity contribution in [1.82, 2.24) is 9.97 Å². The number of unbranched alkanes of at least 4 members (excludes halogenated alkanes) is 1. The van der Waals surface area contributed by atoms with E-state index in [2.05, 4.69) is 16.9 Å². The first kappa shape index (κ1) is 13.7. The van der Waals surface area contributed by atoms with Crippen LogP contribution in [-0.2, 0) is 0 Å². The van der Waals surface area contributed by atoms with Gasteiger partial charge in [-0.15, -0.1) is 0 Å². The van der Waals surface area contributed by atoms with E-state index in [4.69, 9.17) is 17.3 Å². The van der Waals surface area contributed by atoms with Crippen molar-refractivity contribution in [3.8, 4) is 0 Å². The molecule has 0 saturated carbocycles. The van der Waals surface area contributed by atoms with E-state index in [1.807, 2.05) is 19.1 Å². The summed E-state index contributed by atoms with van der Waals surface area (Å²) in [6.45, 7) is 4.11. The van der Waals surface area contributed by atoms with E-state index in [0.717, 1.165) is 40.8 Å². The maximum absolute atomic E-state index is 10.9. The van der Waals surface area contributed by atoms with Crippen LogP contribution in [0, 0.1) is 6.92 Å². The minimum absolute atomic E-state index is 0.0361. The zero-order valence-corrected chi connectivity index (χ0v) is 11.8. The fraction of sp³-hybridized carbons (Fsp3) is 0.357. The maximum atomic E-state index is 10.9. The molecule has 0 spiro atoms. The highest BCUT2D eigenvalue weighted by Gasteiger charge is 2.12. The molecule has 0 aliphatic carbocycles. The van der Waals surface area contributed by atoms with Crippen LogP contribution in [0.2, 0.25) is 0 Å². The molecule has 0 saturated heterocycles. The molecule has 1 aromatic heterocycles. The van der Waals surface area contributed by atoms with Gasteiger partial charge in [0, 0.05) is 4.86 Å². The summed E-state index contributed by atoms with van der Waals surface area (Å²) >= 11 is 5.44. The lowest BCUT2D eigenvalue weighted by atomic mass is 10.0. The van der Waals surface area contributed by atoms with Crippen LogP contribution in [0.3, 0.4) is 0 Å². The summed E-state index contributed by atoms with van der Waals surface area (Å²) in [5.41, 5.74) is 3.43. The number of imidazole rings is 1. The molecule has 0 amide bonds. The number of carboxylic acid groups (broad SMARTS) is 1. The second kappa shape index (κ2) is 5.48. The number of benzene rings is 1. The number of hydrogen-bond donors (Lipinski definition) is 2. The molecule has 100 valence electrons. The summed E-state index contributed by atoms with van der Waals surface area (Å²) in [6, 6.07) is 3.79. The first-order chi connectivity index (χ1) is 9.02. The minimum atomic E-state index is -1.05. The fourth-order valence-corrected chi connectivity index (χ4v) is 2.40. The lowest BCUT2D eigenvalue weighted by Crippen LogP contribution is -2.00. The summed E-state index contributed by atoms with van der Waals surface area (Å²) in [5, 5.41) is 8.93. The highest BCUT2D eigenvalue weighted by atomic mass is 32.1. The van der Waals surface area contributed by atoms with Gasteiger partial charge in [-0.05, 0) is 43.0 Å². The molecule has 2 aromatic rings. The summed E-state index contributed by atoms with van der Waals surface area (Å²) in [5.74, 6) is -1.09. The lowest BCUT2D eigenvalue weighted by molar-refractivity contribution is 0.0685. The first-order valence-electron chi connectivity index (χ1n) is 6.29. The number of rotatable bonds is 5. The number of carbonyl (C=O) groups is 1. The number of nitrogens with one attached hydrogen (secondary N) is 1. The summed E-state index contributed by atoms with van der Waals surface area (Å²) in [7, 11) is 0. The molecule has 0 bridgehead atoms. The third-order valence-corrected chi connectivity index (χ3v) is 3.51. The van der Waals surface area contributed by atoms with Crippen LogP contribution in [0.4, 0.5) is 0 Å². The molecule has 2 N–H and O–H groups in total. The molecule has 0 radical (unpaired) electrons. The van der Waals surface area contributed by atoms with Crippen molar-refractivity contribution in [1.29, 1.82) is 0 Å². The number of nitrogens with zero attached hydrogens (tertiary/aromatic N) is 1. The van der Waals surface area contributed by atoms with Gasteiger partial charge in [0.1, 0.15) is 0 Å². The van der Waals surface area contributed by atoms with Crippen molar-refractivity contribution in [3.63, 3.8) is 0 Å². The average Bonchev–Trinajstić information content (AvgIpc) is 2.77. The fourth-order valence-electron chi connectivity index (χ4n) is 2.04. The Bertz CT molecular complexity index is 646. The van der Waals surface area contributed by atoms with Crippen molar-refractivity contribution in [2.24, 2.45) is 0 Å². The Kier molecular flexibility index (Phi) is 3.95. The van der Waals surface area contributed by atoms with Crippen molar-refractivity contribution in [3.05, 3.63) is 29.1 Å². The first-order valence-corrected chi connectivity index (χ1v) is 6.70. The predicted molar refractivity (Wildman–Crippen MR) is 79.0 cm³/mol. The lowest BCUT2D eigenvalue weighted by Gasteiger charge is -2.07. The van der Waals surface area contributed by atoms with Gasteiger partial charge < -0.3 is 10.1 Å².